The molecular formula is C14H15FN2O3S. The van der Waals surface area contributed by atoms with Crippen molar-refractivity contribution in [3.63, 3.8) is 0 Å². The lowest BCUT2D eigenvalue weighted by Crippen LogP contribution is -2.30. The minimum absolute atomic E-state index is 0.0898. The van der Waals surface area contributed by atoms with Crippen LogP contribution in [0.5, 0.6) is 0 Å². The molecule has 1 aromatic carbocycles. The van der Waals surface area contributed by atoms with Crippen molar-refractivity contribution in [2.24, 2.45) is 0 Å². The first-order valence-corrected chi connectivity index (χ1v) is 8.13. The first-order valence-electron chi connectivity index (χ1n) is 6.69. The van der Waals surface area contributed by atoms with Crippen molar-refractivity contribution in [1.82, 2.24) is 9.46 Å². The molecule has 3 rings (SSSR count). The van der Waals surface area contributed by atoms with Gasteiger partial charge in [0.1, 0.15) is 5.82 Å². The molecule has 0 radical (unpaired) electrons. The van der Waals surface area contributed by atoms with Crippen molar-refractivity contribution in [3.8, 4) is 0 Å². The number of halogens is 1. The van der Waals surface area contributed by atoms with Gasteiger partial charge in [0.15, 0.2) is 5.76 Å². The van der Waals surface area contributed by atoms with Gasteiger partial charge in [-0.05, 0) is 44.0 Å². The third-order valence-electron chi connectivity index (χ3n) is 3.60. The zero-order valence-electron chi connectivity index (χ0n) is 11.5. The molecule has 7 heteroatoms. The normalized spacial score (nSPS) is 20.0. The number of rotatable bonds is 3. The van der Waals surface area contributed by atoms with Crippen LogP contribution in [0.15, 0.2) is 39.8 Å². The highest BCUT2D eigenvalue weighted by Gasteiger charge is 2.38. The van der Waals surface area contributed by atoms with Crippen LogP contribution < -0.4 is 0 Å². The van der Waals surface area contributed by atoms with Crippen LogP contribution in [0.2, 0.25) is 0 Å². The Morgan fingerprint density at radius 3 is 2.67 bits per heavy atom. The van der Waals surface area contributed by atoms with Gasteiger partial charge in [-0.1, -0.05) is 5.16 Å². The molecule has 1 aliphatic heterocycles. The summed E-state index contributed by atoms with van der Waals surface area (Å²) in [5.41, 5.74) is 0.719. The van der Waals surface area contributed by atoms with Gasteiger partial charge in [0, 0.05) is 12.6 Å². The SMILES string of the molecule is Cc1cc([C@@H]2CCCN2S(=O)(=O)c2ccc(F)cc2)on1. The number of sulfonamides is 1. The van der Waals surface area contributed by atoms with Crippen molar-refractivity contribution >= 4 is 10.0 Å². The molecule has 112 valence electrons. The molecular weight excluding hydrogens is 295 g/mol. The summed E-state index contributed by atoms with van der Waals surface area (Å²) in [6.45, 7) is 2.21. The Labute approximate surface area is 122 Å². The molecule has 1 fully saturated rings. The van der Waals surface area contributed by atoms with Crippen molar-refractivity contribution in [2.45, 2.75) is 30.7 Å². The van der Waals surface area contributed by atoms with Gasteiger partial charge in [-0.3, -0.25) is 0 Å². The Bertz CT molecular complexity index is 740. The number of hydrogen-bond acceptors (Lipinski definition) is 4. The molecule has 0 aliphatic carbocycles. The van der Waals surface area contributed by atoms with Gasteiger partial charge in [0.25, 0.3) is 0 Å². The number of aryl methyl sites for hydroxylation is 1. The molecule has 0 spiro atoms. The summed E-state index contributed by atoms with van der Waals surface area (Å²) in [7, 11) is -3.66. The Morgan fingerprint density at radius 1 is 1.33 bits per heavy atom. The summed E-state index contributed by atoms with van der Waals surface area (Å²) in [5, 5.41) is 3.82. The third kappa shape index (κ3) is 2.58. The Hall–Kier alpha value is -1.73. The largest absolute Gasteiger partial charge is 0.359 e. The van der Waals surface area contributed by atoms with Gasteiger partial charge in [0.05, 0.1) is 16.6 Å². The highest BCUT2D eigenvalue weighted by Crippen LogP contribution is 2.36. The lowest BCUT2D eigenvalue weighted by molar-refractivity contribution is 0.297. The smallest absolute Gasteiger partial charge is 0.243 e. The van der Waals surface area contributed by atoms with E-state index >= 15 is 0 Å². The van der Waals surface area contributed by atoms with E-state index in [1.807, 2.05) is 0 Å². The van der Waals surface area contributed by atoms with E-state index in [9.17, 15) is 12.8 Å². The quantitative estimate of drug-likeness (QED) is 0.874. The van der Waals surface area contributed by atoms with Crippen LogP contribution in [0.3, 0.4) is 0 Å². The molecule has 1 atom stereocenters. The molecule has 0 N–H and O–H groups in total. The number of aromatic nitrogens is 1. The fourth-order valence-corrected chi connectivity index (χ4v) is 4.26. The van der Waals surface area contributed by atoms with Crippen LogP contribution in [0.25, 0.3) is 0 Å². The summed E-state index contributed by atoms with van der Waals surface area (Å²) in [6, 6.07) is 6.27. The predicted octanol–water partition coefficient (Wildman–Crippen LogP) is 2.65. The fraction of sp³-hybridized carbons (Fsp3) is 0.357. The average Bonchev–Trinajstić information content (AvgIpc) is 3.07. The second kappa shape index (κ2) is 5.23. The van der Waals surface area contributed by atoms with Crippen LogP contribution in [0, 0.1) is 12.7 Å². The van der Waals surface area contributed by atoms with Crippen LogP contribution in [-0.4, -0.2) is 24.4 Å². The molecule has 0 saturated carbocycles. The minimum atomic E-state index is -3.66. The summed E-state index contributed by atoms with van der Waals surface area (Å²) in [4.78, 5) is 0.0898. The van der Waals surface area contributed by atoms with Crippen molar-refractivity contribution in [3.05, 3.63) is 47.6 Å². The Balaban J connectivity index is 1.96. The zero-order chi connectivity index (χ0) is 15.0. The van der Waals surface area contributed by atoms with E-state index in [4.69, 9.17) is 4.52 Å². The maximum atomic E-state index is 13.0. The van der Waals surface area contributed by atoms with E-state index in [0.29, 0.717) is 18.7 Å². The highest BCUT2D eigenvalue weighted by atomic mass is 32.2. The lowest BCUT2D eigenvalue weighted by Gasteiger charge is -2.22. The van der Waals surface area contributed by atoms with Gasteiger partial charge >= 0.3 is 0 Å². The van der Waals surface area contributed by atoms with Crippen molar-refractivity contribution in [1.29, 1.82) is 0 Å². The molecule has 2 aromatic rings. The standard InChI is InChI=1S/C14H15FN2O3S/c1-10-9-14(20-16-10)13-3-2-8-17(13)21(18,19)12-6-4-11(15)5-7-12/h4-7,9,13H,2-3,8H2,1H3/t13-/m0/s1. The zero-order valence-corrected chi connectivity index (χ0v) is 12.3. The Morgan fingerprint density at radius 2 is 2.05 bits per heavy atom. The highest BCUT2D eigenvalue weighted by molar-refractivity contribution is 7.89. The molecule has 2 heterocycles. The van der Waals surface area contributed by atoms with E-state index in [0.717, 1.165) is 24.2 Å². The first kappa shape index (κ1) is 14.2. The van der Waals surface area contributed by atoms with Crippen LogP contribution in [0.4, 0.5) is 4.39 Å². The third-order valence-corrected chi connectivity index (χ3v) is 5.52. The molecule has 1 saturated heterocycles. The monoisotopic (exact) mass is 310 g/mol. The second-order valence-corrected chi connectivity index (χ2v) is 6.99. The van der Waals surface area contributed by atoms with E-state index < -0.39 is 15.8 Å². The summed E-state index contributed by atoms with van der Waals surface area (Å²) in [5.74, 6) is 0.0912. The molecule has 1 aromatic heterocycles. The maximum Gasteiger partial charge on any atom is 0.243 e. The van der Waals surface area contributed by atoms with Gasteiger partial charge in [-0.25, -0.2) is 12.8 Å². The van der Waals surface area contributed by atoms with Crippen molar-refractivity contribution < 1.29 is 17.3 Å². The van der Waals surface area contributed by atoms with Gasteiger partial charge < -0.3 is 4.52 Å². The van der Waals surface area contributed by atoms with E-state index in [1.54, 1.807) is 13.0 Å². The van der Waals surface area contributed by atoms with Gasteiger partial charge in [-0.2, -0.15) is 4.31 Å². The molecule has 21 heavy (non-hydrogen) atoms. The molecule has 1 aliphatic rings. The van der Waals surface area contributed by atoms with Crippen LogP contribution >= 0.6 is 0 Å². The lowest BCUT2D eigenvalue weighted by atomic mass is 10.2. The van der Waals surface area contributed by atoms with Gasteiger partial charge in [-0.15, -0.1) is 0 Å². The minimum Gasteiger partial charge on any atom is -0.359 e. The van der Waals surface area contributed by atoms with Crippen LogP contribution in [0.1, 0.15) is 30.3 Å². The molecule has 0 bridgehead atoms. The van der Waals surface area contributed by atoms with Crippen LogP contribution in [-0.2, 0) is 10.0 Å². The number of hydrogen-bond donors (Lipinski definition) is 0. The summed E-state index contributed by atoms with van der Waals surface area (Å²) in [6.07, 6.45) is 1.44. The number of nitrogens with zero attached hydrogens (tertiary/aromatic N) is 2. The van der Waals surface area contributed by atoms with E-state index in [-0.39, 0.29) is 10.9 Å². The Kier molecular flexibility index (Phi) is 3.54. The van der Waals surface area contributed by atoms with Crippen molar-refractivity contribution in [2.75, 3.05) is 6.54 Å². The maximum absolute atomic E-state index is 13.0. The topological polar surface area (TPSA) is 63.4 Å². The second-order valence-electron chi connectivity index (χ2n) is 5.10. The molecule has 0 amide bonds. The van der Waals surface area contributed by atoms with Gasteiger partial charge in [0.2, 0.25) is 10.0 Å². The summed E-state index contributed by atoms with van der Waals surface area (Å²) >= 11 is 0. The fourth-order valence-electron chi connectivity index (χ4n) is 2.59. The van der Waals surface area contributed by atoms with E-state index in [1.165, 1.54) is 16.4 Å². The van der Waals surface area contributed by atoms with E-state index in [2.05, 4.69) is 5.16 Å². The predicted molar refractivity (Wildman–Crippen MR) is 73.5 cm³/mol. The molecule has 0 unspecified atom stereocenters. The molecule has 5 nitrogen and oxygen atoms in total. The summed E-state index contributed by atoms with van der Waals surface area (Å²) < 4.78 is 44.9. The first-order chi connectivity index (χ1) is 9.98. The average molecular weight is 310 g/mol. The number of benzene rings is 1.